The molecule has 0 saturated carbocycles. The molecule has 0 radical (unpaired) electrons. The molecule has 1 atom stereocenters. The van der Waals surface area contributed by atoms with E-state index in [1.54, 1.807) is 17.8 Å². The average Bonchev–Trinajstić information content (AvgIpc) is 2.32. The summed E-state index contributed by atoms with van der Waals surface area (Å²) < 4.78 is 0. The van der Waals surface area contributed by atoms with Crippen LogP contribution in [0.25, 0.3) is 0 Å². The number of carbonyl (C=O) groups excluding carboxylic acids is 1. The number of carbonyl (C=O) groups is 1. The molecule has 1 unspecified atom stereocenters. The predicted octanol–water partition coefficient (Wildman–Crippen LogP) is 2.02. The maximum Gasteiger partial charge on any atom is 0.225 e. The highest BCUT2D eigenvalue weighted by atomic mass is 32.2. The topological polar surface area (TPSA) is 75.3 Å². The Kier molecular flexibility index (Phi) is 6.01. The number of amides is 1. The summed E-state index contributed by atoms with van der Waals surface area (Å²) in [5, 5.41) is 11.9. The van der Waals surface area contributed by atoms with Gasteiger partial charge >= 0.3 is 0 Å². The number of aryl methyl sites for hydroxylation is 1. The van der Waals surface area contributed by atoms with Gasteiger partial charge in [0.1, 0.15) is 0 Å². The lowest BCUT2D eigenvalue weighted by molar-refractivity contribution is -0.115. The smallest absolute Gasteiger partial charge is 0.225 e. The number of thioether (sulfide) groups is 1. The van der Waals surface area contributed by atoms with Crippen molar-refractivity contribution in [2.24, 2.45) is 0 Å². The molecule has 0 aromatic heterocycles. The van der Waals surface area contributed by atoms with Gasteiger partial charge in [-0.1, -0.05) is 6.92 Å². The van der Waals surface area contributed by atoms with Crippen molar-refractivity contribution in [3.63, 3.8) is 0 Å². The molecule has 4 nitrogen and oxygen atoms in total. The Morgan fingerprint density at radius 1 is 1.56 bits per heavy atom. The quantitative estimate of drug-likeness (QED) is 0.690. The van der Waals surface area contributed by atoms with Gasteiger partial charge in [0.05, 0.1) is 6.61 Å². The monoisotopic (exact) mass is 268 g/mol. The van der Waals surface area contributed by atoms with Crippen molar-refractivity contribution >= 4 is 29.0 Å². The van der Waals surface area contributed by atoms with E-state index in [-0.39, 0.29) is 17.8 Å². The Morgan fingerprint density at radius 2 is 2.28 bits per heavy atom. The van der Waals surface area contributed by atoms with Gasteiger partial charge in [0, 0.05) is 28.8 Å². The van der Waals surface area contributed by atoms with Crippen LogP contribution in [0.2, 0.25) is 0 Å². The summed E-state index contributed by atoms with van der Waals surface area (Å²) in [6.07, 6.45) is 0.443. The van der Waals surface area contributed by atoms with Gasteiger partial charge in [0.25, 0.3) is 0 Å². The number of rotatable bonds is 6. The van der Waals surface area contributed by atoms with Gasteiger partial charge in [0.15, 0.2) is 0 Å². The van der Waals surface area contributed by atoms with E-state index in [9.17, 15) is 4.79 Å². The molecule has 100 valence electrons. The number of nitrogens with two attached hydrogens (primary N) is 1. The van der Waals surface area contributed by atoms with E-state index < -0.39 is 0 Å². The summed E-state index contributed by atoms with van der Waals surface area (Å²) in [5.74, 6) is 0.696. The van der Waals surface area contributed by atoms with Crippen molar-refractivity contribution < 1.29 is 9.90 Å². The molecular formula is C13H20N2O2S. The van der Waals surface area contributed by atoms with Crippen molar-refractivity contribution in [1.82, 2.24) is 0 Å². The third kappa shape index (κ3) is 4.98. The number of benzene rings is 1. The minimum absolute atomic E-state index is 0.0134. The first-order valence-corrected chi connectivity index (χ1v) is 6.96. The molecule has 0 fully saturated rings. The number of nitrogen functional groups attached to an aromatic ring is 1. The fourth-order valence-corrected chi connectivity index (χ4v) is 2.26. The molecule has 1 amide bonds. The Bertz CT molecular complexity index is 410. The van der Waals surface area contributed by atoms with Crippen LogP contribution >= 0.6 is 11.8 Å². The highest BCUT2D eigenvalue weighted by Crippen LogP contribution is 2.18. The first-order chi connectivity index (χ1) is 8.52. The highest BCUT2D eigenvalue weighted by molar-refractivity contribution is 7.99. The first-order valence-electron chi connectivity index (χ1n) is 5.91. The molecule has 0 aliphatic carbocycles. The van der Waals surface area contributed by atoms with Crippen LogP contribution in [0.15, 0.2) is 18.2 Å². The minimum atomic E-state index is -0.0134. The molecule has 0 bridgehead atoms. The molecule has 4 N–H and O–H groups in total. The van der Waals surface area contributed by atoms with Gasteiger partial charge in [-0.25, -0.2) is 0 Å². The maximum absolute atomic E-state index is 11.7. The molecule has 5 heteroatoms. The van der Waals surface area contributed by atoms with E-state index in [1.165, 1.54) is 0 Å². The zero-order valence-electron chi connectivity index (χ0n) is 10.8. The van der Waals surface area contributed by atoms with Gasteiger partial charge in [-0.2, -0.15) is 11.8 Å². The Morgan fingerprint density at radius 3 is 2.89 bits per heavy atom. The van der Waals surface area contributed by atoms with Crippen molar-refractivity contribution in [3.05, 3.63) is 23.8 Å². The van der Waals surface area contributed by atoms with Gasteiger partial charge in [0.2, 0.25) is 5.91 Å². The maximum atomic E-state index is 11.7. The predicted molar refractivity (Wildman–Crippen MR) is 77.8 cm³/mol. The van der Waals surface area contributed by atoms with Crippen molar-refractivity contribution in [3.8, 4) is 0 Å². The summed E-state index contributed by atoms with van der Waals surface area (Å²) in [4.78, 5) is 11.7. The molecular weight excluding hydrogens is 248 g/mol. The standard InChI is InChI=1S/C13H20N2O2S/c1-9-7-11(14)3-4-12(9)15-13(17)5-6-18-10(2)8-16/h3-4,7,10,16H,5-6,8,14H2,1-2H3,(H,15,17). The van der Waals surface area contributed by atoms with Crippen LogP contribution in [-0.2, 0) is 4.79 Å². The second-order valence-electron chi connectivity index (χ2n) is 4.24. The Hall–Kier alpha value is -1.20. The summed E-state index contributed by atoms with van der Waals surface area (Å²) >= 11 is 1.59. The van der Waals surface area contributed by atoms with Crippen molar-refractivity contribution in [1.29, 1.82) is 0 Å². The van der Waals surface area contributed by atoms with Crippen LogP contribution in [0.4, 0.5) is 11.4 Å². The number of aliphatic hydroxyl groups excluding tert-OH is 1. The summed E-state index contributed by atoms with van der Waals surface area (Å²) in [6, 6.07) is 5.41. The van der Waals surface area contributed by atoms with Crippen LogP contribution in [0.1, 0.15) is 18.9 Å². The Labute approximate surface area is 112 Å². The first kappa shape index (κ1) is 14.9. The molecule has 1 rings (SSSR count). The van der Waals surface area contributed by atoms with E-state index in [0.717, 1.165) is 11.3 Å². The van der Waals surface area contributed by atoms with E-state index in [2.05, 4.69) is 5.32 Å². The van der Waals surface area contributed by atoms with E-state index in [4.69, 9.17) is 10.8 Å². The number of nitrogens with one attached hydrogen (secondary N) is 1. The van der Waals surface area contributed by atoms with Crippen LogP contribution in [0, 0.1) is 6.92 Å². The zero-order chi connectivity index (χ0) is 13.5. The Balaban J connectivity index is 2.40. The number of aliphatic hydroxyl groups is 1. The van der Waals surface area contributed by atoms with E-state index in [1.807, 2.05) is 26.0 Å². The third-order valence-electron chi connectivity index (χ3n) is 2.51. The van der Waals surface area contributed by atoms with Crippen molar-refractivity contribution in [2.75, 3.05) is 23.4 Å². The summed E-state index contributed by atoms with van der Waals surface area (Å²) in [7, 11) is 0. The van der Waals surface area contributed by atoms with Crippen LogP contribution in [0.5, 0.6) is 0 Å². The second kappa shape index (κ2) is 7.28. The highest BCUT2D eigenvalue weighted by Gasteiger charge is 2.06. The van der Waals surface area contributed by atoms with Crippen LogP contribution in [0.3, 0.4) is 0 Å². The largest absolute Gasteiger partial charge is 0.399 e. The summed E-state index contributed by atoms with van der Waals surface area (Å²) in [6.45, 7) is 3.99. The number of hydrogen-bond acceptors (Lipinski definition) is 4. The molecule has 0 saturated heterocycles. The van der Waals surface area contributed by atoms with Crippen molar-refractivity contribution in [2.45, 2.75) is 25.5 Å². The van der Waals surface area contributed by atoms with Gasteiger partial charge in [-0.3, -0.25) is 4.79 Å². The van der Waals surface area contributed by atoms with Gasteiger partial charge in [-0.15, -0.1) is 0 Å². The number of anilines is 2. The lowest BCUT2D eigenvalue weighted by atomic mass is 10.2. The fourth-order valence-electron chi connectivity index (χ4n) is 1.45. The fraction of sp³-hybridized carbons (Fsp3) is 0.462. The van der Waals surface area contributed by atoms with E-state index in [0.29, 0.717) is 17.9 Å². The number of hydrogen-bond donors (Lipinski definition) is 3. The summed E-state index contributed by atoms with van der Waals surface area (Å²) in [5.41, 5.74) is 8.10. The molecule has 18 heavy (non-hydrogen) atoms. The molecule has 0 aliphatic heterocycles. The van der Waals surface area contributed by atoms with Crippen LogP contribution in [-0.4, -0.2) is 28.6 Å². The normalized spacial score (nSPS) is 12.2. The lowest BCUT2D eigenvalue weighted by Gasteiger charge is -2.10. The third-order valence-corrected chi connectivity index (χ3v) is 3.67. The second-order valence-corrected chi connectivity index (χ2v) is 5.78. The van der Waals surface area contributed by atoms with E-state index >= 15 is 0 Å². The molecule has 0 aliphatic rings. The molecule has 0 heterocycles. The SMILES string of the molecule is Cc1cc(N)ccc1NC(=O)CCSC(C)CO. The van der Waals surface area contributed by atoms with Gasteiger partial charge < -0.3 is 16.2 Å². The average molecular weight is 268 g/mol. The molecule has 0 spiro atoms. The van der Waals surface area contributed by atoms with Gasteiger partial charge in [-0.05, 0) is 30.7 Å². The van der Waals surface area contributed by atoms with Crippen LogP contribution < -0.4 is 11.1 Å². The zero-order valence-corrected chi connectivity index (χ0v) is 11.6. The molecule has 1 aromatic rings. The molecule has 1 aromatic carbocycles. The lowest BCUT2D eigenvalue weighted by Crippen LogP contribution is -2.14. The minimum Gasteiger partial charge on any atom is -0.399 e.